The molecule has 42 heavy (non-hydrogen) atoms. The molecule has 0 bridgehead atoms. The van der Waals surface area contributed by atoms with Crippen LogP contribution in [-0.2, 0) is 6.42 Å². The number of benzene rings is 5. The van der Waals surface area contributed by atoms with Crippen LogP contribution in [0.4, 0.5) is 0 Å². The number of allylic oxidation sites excluding steroid dienone is 3. The molecule has 2 aromatic heterocycles. The van der Waals surface area contributed by atoms with E-state index in [1.165, 1.54) is 38.6 Å². The topological polar surface area (TPSA) is 25.8 Å². The second-order valence-electron chi connectivity index (χ2n) is 11.0. The van der Waals surface area contributed by atoms with Crippen molar-refractivity contribution in [2.45, 2.75) is 12.8 Å². The molecule has 7 aromatic rings. The fourth-order valence-electron chi connectivity index (χ4n) is 6.40. The third-order valence-corrected chi connectivity index (χ3v) is 8.44. The minimum Gasteiger partial charge on any atom is -0.246 e. The molecule has 0 saturated carbocycles. The van der Waals surface area contributed by atoms with Gasteiger partial charge in [0.1, 0.15) is 0 Å². The zero-order chi connectivity index (χ0) is 28.0. The molecule has 0 saturated heterocycles. The van der Waals surface area contributed by atoms with Crippen molar-refractivity contribution in [1.29, 1.82) is 0 Å². The van der Waals surface area contributed by atoms with Crippen LogP contribution in [0.3, 0.4) is 0 Å². The van der Waals surface area contributed by atoms with Gasteiger partial charge in [-0.15, -0.1) is 0 Å². The summed E-state index contributed by atoms with van der Waals surface area (Å²) >= 11 is 0. The first-order valence-corrected chi connectivity index (χ1v) is 14.5. The minimum absolute atomic E-state index is 0.854. The fraction of sp³-hybridized carbons (Fsp3) is 0.0500. The molecule has 1 aliphatic rings. The third kappa shape index (κ3) is 4.03. The van der Waals surface area contributed by atoms with Crippen molar-refractivity contribution in [2.24, 2.45) is 0 Å². The van der Waals surface area contributed by atoms with E-state index >= 15 is 0 Å². The van der Waals surface area contributed by atoms with Gasteiger partial charge in [-0.3, -0.25) is 0 Å². The molecule has 0 spiro atoms. The van der Waals surface area contributed by atoms with Crippen LogP contribution >= 0.6 is 0 Å². The number of hydrogen-bond donors (Lipinski definition) is 0. The quantitative estimate of drug-likeness (QED) is 0.127. The number of aromatic nitrogens is 2. The minimum atomic E-state index is 0.854. The standard InChI is InChI=1S/C40H28N2/c1-26(19-20-30-25-29-13-5-6-14-31(29)33-16-8-7-15-32(30)33)36-24-22-28-21-23-35-38(27-11-3-2-4-12-27)34-17-9-10-18-37(34)42-40(35)39(28)41-36/h2-7,9-15,17-25H,1,8,16H2/b20-19-. The molecule has 0 N–H and O–H groups in total. The van der Waals surface area contributed by atoms with Crippen molar-refractivity contribution in [3.8, 4) is 11.1 Å². The average Bonchev–Trinajstić information content (AvgIpc) is 3.06. The highest BCUT2D eigenvalue weighted by molar-refractivity contribution is 6.16. The summed E-state index contributed by atoms with van der Waals surface area (Å²) in [5.41, 5.74) is 10.8. The molecule has 1 aliphatic carbocycles. The zero-order valence-corrected chi connectivity index (χ0v) is 23.2. The van der Waals surface area contributed by atoms with Crippen LogP contribution in [0.25, 0.3) is 72.3 Å². The van der Waals surface area contributed by atoms with Crippen molar-refractivity contribution in [3.63, 3.8) is 0 Å². The first-order valence-electron chi connectivity index (χ1n) is 14.5. The van der Waals surface area contributed by atoms with E-state index in [-0.39, 0.29) is 0 Å². The lowest BCUT2D eigenvalue weighted by atomic mass is 9.88. The molecule has 2 heterocycles. The zero-order valence-electron chi connectivity index (χ0n) is 23.2. The Balaban J connectivity index is 1.26. The highest BCUT2D eigenvalue weighted by atomic mass is 14.8. The number of hydrogen-bond acceptors (Lipinski definition) is 2. The lowest BCUT2D eigenvalue weighted by Gasteiger charge is -2.17. The number of fused-ring (bicyclic) bond motifs is 7. The van der Waals surface area contributed by atoms with Crippen LogP contribution < -0.4 is 0 Å². The van der Waals surface area contributed by atoms with Crippen LogP contribution in [0.5, 0.6) is 0 Å². The van der Waals surface area contributed by atoms with Gasteiger partial charge in [-0.25, -0.2) is 9.97 Å². The molecule has 198 valence electrons. The fourth-order valence-corrected chi connectivity index (χ4v) is 6.40. The second kappa shape index (κ2) is 9.94. The Kier molecular flexibility index (Phi) is 5.79. The van der Waals surface area contributed by atoms with Gasteiger partial charge in [0, 0.05) is 21.7 Å². The second-order valence-corrected chi connectivity index (χ2v) is 11.0. The van der Waals surface area contributed by atoms with Gasteiger partial charge < -0.3 is 0 Å². The summed E-state index contributed by atoms with van der Waals surface area (Å²) in [5, 5.41) is 5.95. The number of nitrogens with zero attached hydrogens (tertiary/aromatic N) is 2. The van der Waals surface area contributed by atoms with Crippen molar-refractivity contribution in [3.05, 3.63) is 150 Å². The molecule has 5 aromatic carbocycles. The summed E-state index contributed by atoms with van der Waals surface area (Å²) in [7, 11) is 0. The summed E-state index contributed by atoms with van der Waals surface area (Å²) < 4.78 is 0. The maximum atomic E-state index is 5.17. The molecule has 0 radical (unpaired) electrons. The van der Waals surface area contributed by atoms with Crippen LogP contribution in [0.1, 0.15) is 28.8 Å². The summed E-state index contributed by atoms with van der Waals surface area (Å²) in [6.45, 7) is 4.43. The maximum absolute atomic E-state index is 5.17. The van der Waals surface area contributed by atoms with Gasteiger partial charge in [-0.05, 0) is 69.6 Å². The first-order chi connectivity index (χ1) is 20.7. The maximum Gasteiger partial charge on any atom is 0.0978 e. The van der Waals surface area contributed by atoms with Crippen LogP contribution in [0.2, 0.25) is 0 Å². The number of para-hydroxylation sites is 1. The Hall–Kier alpha value is -5.34. The molecule has 2 heteroatoms. The van der Waals surface area contributed by atoms with Crippen molar-refractivity contribution >= 4 is 61.2 Å². The van der Waals surface area contributed by atoms with E-state index in [1.54, 1.807) is 0 Å². The van der Waals surface area contributed by atoms with Crippen molar-refractivity contribution < 1.29 is 0 Å². The van der Waals surface area contributed by atoms with Gasteiger partial charge in [0.2, 0.25) is 0 Å². The summed E-state index contributed by atoms with van der Waals surface area (Å²) in [6, 6.07) is 38.5. The van der Waals surface area contributed by atoms with Gasteiger partial charge in [0.05, 0.1) is 22.2 Å². The van der Waals surface area contributed by atoms with Gasteiger partial charge >= 0.3 is 0 Å². The van der Waals surface area contributed by atoms with E-state index in [1.807, 2.05) is 6.07 Å². The normalized spacial score (nSPS) is 13.0. The highest BCUT2D eigenvalue weighted by Crippen LogP contribution is 2.37. The van der Waals surface area contributed by atoms with E-state index in [2.05, 4.69) is 134 Å². The highest BCUT2D eigenvalue weighted by Gasteiger charge is 2.15. The van der Waals surface area contributed by atoms with E-state index in [0.717, 1.165) is 56.8 Å². The Bertz CT molecular complexity index is 2250. The summed E-state index contributed by atoms with van der Waals surface area (Å²) in [4.78, 5) is 10.3. The number of aryl methyl sites for hydroxylation is 1. The lowest BCUT2D eigenvalue weighted by Crippen LogP contribution is -1.98. The molecule has 0 amide bonds. The molecular formula is C40H28N2. The van der Waals surface area contributed by atoms with Gasteiger partial charge in [0.15, 0.2) is 0 Å². The van der Waals surface area contributed by atoms with Crippen LogP contribution in [-0.4, -0.2) is 9.97 Å². The molecule has 0 aliphatic heterocycles. The Morgan fingerprint density at radius 1 is 0.690 bits per heavy atom. The predicted octanol–water partition coefficient (Wildman–Crippen LogP) is 10.4. The average molecular weight is 537 g/mol. The van der Waals surface area contributed by atoms with Gasteiger partial charge in [0.25, 0.3) is 0 Å². The largest absolute Gasteiger partial charge is 0.246 e. The molecule has 0 fully saturated rings. The van der Waals surface area contributed by atoms with Crippen molar-refractivity contribution in [2.75, 3.05) is 0 Å². The SMILES string of the molecule is C=C(/C=C\c1cc2ccccc2c2c1C=CCC2)c1ccc2ccc3c(-c4ccccc4)c4ccccc4nc3c2n1. The Morgan fingerprint density at radius 2 is 1.48 bits per heavy atom. The van der Waals surface area contributed by atoms with Crippen molar-refractivity contribution in [1.82, 2.24) is 9.97 Å². The first kappa shape index (κ1) is 24.5. The monoisotopic (exact) mass is 536 g/mol. The molecule has 2 nitrogen and oxygen atoms in total. The number of rotatable bonds is 4. The number of pyridine rings is 2. The molecule has 8 rings (SSSR count). The van der Waals surface area contributed by atoms with Gasteiger partial charge in [-0.1, -0.05) is 122 Å². The Morgan fingerprint density at radius 3 is 2.38 bits per heavy atom. The summed E-state index contributed by atoms with van der Waals surface area (Å²) in [6.07, 6.45) is 11.0. The molecule has 0 atom stereocenters. The Labute approximate surface area is 245 Å². The van der Waals surface area contributed by atoms with E-state index < -0.39 is 0 Å². The van der Waals surface area contributed by atoms with E-state index in [4.69, 9.17) is 9.97 Å². The lowest BCUT2D eigenvalue weighted by molar-refractivity contribution is 0.996. The molecule has 0 unspecified atom stereocenters. The van der Waals surface area contributed by atoms with Crippen LogP contribution in [0, 0.1) is 0 Å². The van der Waals surface area contributed by atoms with E-state index in [9.17, 15) is 0 Å². The van der Waals surface area contributed by atoms with Crippen LogP contribution in [0.15, 0.2) is 128 Å². The predicted molar refractivity (Wildman–Crippen MR) is 179 cm³/mol. The third-order valence-electron chi connectivity index (χ3n) is 8.44. The van der Waals surface area contributed by atoms with E-state index in [0.29, 0.717) is 0 Å². The van der Waals surface area contributed by atoms with Gasteiger partial charge in [-0.2, -0.15) is 0 Å². The smallest absolute Gasteiger partial charge is 0.0978 e. The summed E-state index contributed by atoms with van der Waals surface area (Å²) in [5.74, 6) is 0. The molecular weight excluding hydrogens is 508 g/mol.